The van der Waals surface area contributed by atoms with E-state index < -0.39 is 0 Å². The molecule has 0 amide bonds. The van der Waals surface area contributed by atoms with E-state index in [4.69, 9.17) is 4.42 Å². The molecule has 3 nitrogen and oxygen atoms in total. The van der Waals surface area contributed by atoms with Gasteiger partial charge in [0.15, 0.2) is 0 Å². The van der Waals surface area contributed by atoms with Crippen molar-refractivity contribution in [3.05, 3.63) is 94.4 Å². The minimum Gasteiger partial charge on any atom is -0.456 e. The van der Waals surface area contributed by atoms with Crippen molar-refractivity contribution in [2.45, 2.75) is 13.5 Å². The second kappa shape index (κ2) is 5.85. The fourth-order valence-corrected chi connectivity index (χ4v) is 2.81. The molecule has 4 rings (SSSR count). The van der Waals surface area contributed by atoms with E-state index in [1.54, 1.807) is 10.6 Å². The summed E-state index contributed by atoms with van der Waals surface area (Å²) in [5, 5.41) is 1.06. The third-order valence-corrected chi connectivity index (χ3v) is 4.17. The first-order valence-electron chi connectivity index (χ1n) is 7.94. The fraction of sp³-hybridized carbons (Fsp3) is 0.0952. The number of rotatable bonds is 3. The highest BCUT2D eigenvalue weighted by molar-refractivity contribution is 5.82. The summed E-state index contributed by atoms with van der Waals surface area (Å²) in [5.41, 5.74) is 4.05. The van der Waals surface area contributed by atoms with E-state index in [-0.39, 0.29) is 5.56 Å². The monoisotopic (exact) mass is 315 g/mol. The third kappa shape index (κ3) is 2.76. The Kier molecular flexibility index (Phi) is 3.54. The maximum atomic E-state index is 12.2. The molecule has 0 bridgehead atoms. The number of nitrogens with zero attached hydrogens (tertiary/aromatic N) is 1. The van der Waals surface area contributed by atoms with Gasteiger partial charge in [-0.05, 0) is 30.7 Å². The summed E-state index contributed by atoms with van der Waals surface area (Å²) in [6, 6.07) is 21.5. The Labute approximate surface area is 139 Å². The molecule has 0 saturated carbocycles. The number of hydrogen-bond acceptors (Lipinski definition) is 2. The van der Waals surface area contributed by atoms with E-state index in [0.29, 0.717) is 6.54 Å². The number of fused-ring (bicyclic) bond motifs is 1. The van der Waals surface area contributed by atoms with Gasteiger partial charge in [0.2, 0.25) is 0 Å². The Morgan fingerprint density at radius 1 is 0.958 bits per heavy atom. The lowest BCUT2D eigenvalue weighted by molar-refractivity contribution is 0.629. The number of hydrogen-bond donors (Lipinski definition) is 0. The van der Waals surface area contributed by atoms with Gasteiger partial charge in [0, 0.05) is 23.2 Å². The maximum Gasteiger partial charge on any atom is 0.250 e. The van der Waals surface area contributed by atoms with Crippen LogP contribution in [0.1, 0.15) is 11.1 Å². The second-order valence-electron chi connectivity index (χ2n) is 6.02. The third-order valence-electron chi connectivity index (χ3n) is 4.17. The Balaban J connectivity index is 1.72. The van der Waals surface area contributed by atoms with E-state index >= 15 is 0 Å². The zero-order valence-electron chi connectivity index (χ0n) is 13.4. The van der Waals surface area contributed by atoms with Crippen LogP contribution >= 0.6 is 0 Å². The molecule has 0 saturated heterocycles. The molecular weight excluding hydrogens is 298 g/mol. The lowest BCUT2D eigenvalue weighted by atomic mass is 10.1. The highest BCUT2D eigenvalue weighted by Gasteiger charge is 2.08. The Morgan fingerprint density at radius 2 is 1.75 bits per heavy atom. The number of benzene rings is 2. The van der Waals surface area contributed by atoms with Crippen molar-refractivity contribution in [1.29, 1.82) is 0 Å². The van der Waals surface area contributed by atoms with Gasteiger partial charge in [-0.15, -0.1) is 0 Å². The topological polar surface area (TPSA) is 35.1 Å². The van der Waals surface area contributed by atoms with Crippen LogP contribution in [-0.4, -0.2) is 4.57 Å². The molecule has 0 aliphatic heterocycles. The smallest absolute Gasteiger partial charge is 0.250 e. The van der Waals surface area contributed by atoms with Crippen LogP contribution in [0.4, 0.5) is 0 Å². The van der Waals surface area contributed by atoms with Crippen LogP contribution in [0.25, 0.3) is 22.3 Å². The zero-order chi connectivity index (χ0) is 16.5. The molecule has 0 fully saturated rings. The summed E-state index contributed by atoms with van der Waals surface area (Å²) < 4.78 is 7.61. The van der Waals surface area contributed by atoms with Gasteiger partial charge in [-0.3, -0.25) is 4.79 Å². The summed E-state index contributed by atoms with van der Waals surface area (Å²) in [7, 11) is 0. The highest BCUT2D eigenvalue weighted by atomic mass is 16.3. The van der Waals surface area contributed by atoms with Gasteiger partial charge < -0.3 is 8.98 Å². The Hall–Kier alpha value is -3.07. The number of pyridine rings is 1. The van der Waals surface area contributed by atoms with E-state index in [9.17, 15) is 4.79 Å². The average molecular weight is 315 g/mol. The minimum atomic E-state index is -0.0181. The molecule has 0 spiro atoms. The molecule has 3 heteroatoms. The van der Waals surface area contributed by atoms with Crippen LogP contribution < -0.4 is 5.56 Å². The maximum absolute atomic E-state index is 12.2. The van der Waals surface area contributed by atoms with Crippen molar-refractivity contribution in [3.63, 3.8) is 0 Å². The molecule has 0 atom stereocenters. The van der Waals surface area contributed by atoms with Crippen molar-refractivity contribution >= 4 is 11.0 Å². The minimum absolute atomic E-state index is 0.0181. The SMILES string of the molecule is Cc1ccc(Cn2cc(-c3cc4ccccc4o3)ccc2=O)cc1. The quantitative estimate of drug-likeness (QED) is 0.553. The molecule has 24 heavy (non-hydrogen) atoms. The van der Waals surface area contributed by atoms with E-state index in [1.807, 2.05) is 42.6 Å². The van der Waals surface area contributed by atoms with E-state index in [2.05, 4.69) is 31.2 Å². The number of para-hydroxylation sites is 1. The zero-order valence-corrected chi connectivity index (χ0v) is 13.4. The van der Waals surface area contributed by atoms with Crippen LogP contribution in [0.15, 0.2) is 82.1 Å². The van der Waals surface area contributed by atoms with Crippen LogP contribution in [-0.2, 0) is 6.54 Å². The summed E-state index contributed by atoms with van der Waals surface area (Å²) in [4.78, 5) is 12.2. The first-order valence-corrected chi connectivity index (χ1v) is 7.94. The van der Waals surface area contributed by atoms with Crippen molar-refractivity contribution in [3.8, 4) is 11.3 Å². The van der Waals surface area contributed by atoms with Gasteiger partial charge in [0.05, 0.1) is 6.54 Å². The first kappa shape index (κ1) is 14.5. The Bertz CT molecular complexity index is 1020. The highest BCUT2D eigenvalue weighted by Crippen LogP contribution is 2.27. The predicted molar refractivity (Wildman–Crippen MR) is 96.2 cm³/mol. The van der Waals surface area contributed by atoms with Crippen molar-refractivity contribution in [1.82, 2.24) is 4.57 Å². The van der Waals surface area contributed by atoms with Crippen molar-refractivity contribution in [2.75, 3.05) is 0 Å². The lowest BCUT2D eigenvalue weighted by Gasteiger charge is -2.07. The molecule has 0 aliphatic rings. The number of aryl methyl sites for hydroxylation is 1. The van der Waals surface area contributed by atoms with E-state index in [1.165, 1.54) is 5.56 Å². The van der Waals surface area contributed by atoms with Crippen LogP contribution in [0.5, 0.6) is 0 Å². The molecule has 2 heterocycles. The molecule has 0 aliphatic carbocycles. The van der Waals surface area contributed by atoms with Crippen LogP contribution in [0.3, 0.4) is 0 Å². The molecule has 0 unspecified atom stereocenters. The molecule has 0 N–H and O–H groups in total. The molecular formula is C21H17NO2. The normalized spacial score (nSPS) is 11.0. The van der Waals surface area contributed by atoms with Gasteiger partial charge in [-0.1, -0.05) is 48.0 Å². The molecule has 118 valence electrons. The summed E-state index contributed by atoms with van der Waals surface area (Å²) in [6.07, 6.45) is 1.86. The van der Waals surface area contributed by atoms with E-state index in [0.717, 1.165) is 27.9 Å². The second-order valence-corrected chi connectivity index (χ2v) is 6.02. The van der Waals surface area contributed by atoms with Gasteiger partial charge >= 0.3 is 0 Å². The summed E-state index contributed by atoms with van der Waals surface area (Å²) in [6.45, 7) is 2.60. The summed E-state index contributed by atoms with van der Waals surface area (Å²) >= 11 is 0. The average Bonchev–Trinajstić information content (AvgIpc) is 3.03. The summed E-state index contributed by atoms with van der Waals surface area (Å²) in [5.74, 6) is 0.772. The largest absolute Gasteiger partial charge is 0.456 e. The molecule has 2 aromatic carbocycles. The van der Waals surface area contributed by atoms with Crippen LogP contribution in [0, 0.1) is 6.92 Å². The number of furan rings is 1. The van der Waals surface area contributed by atoms with Gasteiger partial charge in [-0.25, -0.2) is 0 Å². The number of aromatic nitrogens is 1. The molecule has 4 aromatic rings. The first-order chi connectivity index (χ1) is 11.7. The lowest BCUT2D eigenvalue weighted by Crippen LogP contribution is -2.19. The van der Waals surface area contributed by atoms with Crippen LogP contribution in [0.2, 0.25) is 0 Å². The molecule has 2 aromatic heterocycles. The fourth-order valence-electron chi connectivity index (χ4n) is 2.81. The van der Waals surface area contributed by atoms with Crippen molar-refractivity contribution in [2.24, 2.45) is 0 Å². The predicted octanol–water partition coefficient (Wildman–Crippen LogP) is 4.62. The molecule has 0 radical (unpaired) electrons. The van der Waals surface area contributed by atoms with Crippen molar-refractivity contribution < 1.29 is 4.42 Å². The van der Waals surface area contributed by atoms with Gasteiger partial charge in [-0.2, -0.15) is 0 Å². The van der Waals surface area contributed by atoms with Gasteiger partial charge in [0.25, 0.3) is 5.56 Å². The van der Waals surface area contributed by atoms with Gasteiger partial charge in [0.1, 0.15) is 11.3 Å². The standard InChI is InChI=1S/C21H17NO2/c1-15-6-8-16(9-7-15)13-22-14-18(10-11-21(22)23)20-12-17-4-2-3-5-19(17)24-20/h2-12,14H,13H2,1H3. The Morgan fingerprint density at radius 3 is 2.54 bits per heavy atom.